The van der Waals surface area contributed by atoms with Crippen molar-refractivity contribution in [1.29, 1.82) is 0 Å². The summed E-state index contributed by atoms with van der Waals surface area (Å²) in [5.74, 6) is -0.530. The second-order valence-electron chi connectivity index (χ2n) is 7.40. The molecule has 0 aliphatic rings. The van der Waals surface area contributed by atoms with Gasteiger partial charge in [0.15, 0.2) is 6.61 Å². The molecule has 0 bridgehead atoms. The fraction of sp³-hybridized carbons (Fsp3) is 0.0385. The predicted octanol–water partition coefficient (Wildman–Crippen LogP) is 6.45. The molecule has 168 valence electrons. The number of thiazole rings is 1. The maximum Gasteiger partial charge on any atom is 0.341 e. The van der Waals surface area contributed by atoms with E-state index in [9.17, 15) is 4.79 Å². The summed E-state index contributed by atoms with van der Waals surface area (Å²) in [7, 11) is 0. The molecular weight excluding hydrogens is 470 g/mol. The van der Waals surface area contributed by atoms with Gasteiger partial charge in [0, 0.05) is 22.2 Å². The number of carboxylic acid groups (broad SMARTS) is 1. The van der Waals surface area contributed by atoms with E-state index in [4.69, 9.17) is 26.5 Å². The normalized spacial score (nSPS) is 10.9. The van der Waals surface area contributed by atoms with Gasteiger partial charge in [-0.05, 0) is 53.6 Å². The highest BCUT2D eigenvalue weighted by Gasteiger charge is 2.17. The van der Waals surface area contributed by atoms with Crippen molar-refractivity contribution in [2.45, 2.75) is 0 Å². The average molecular weight is 488 g/mol. The molecule has 0 radical (unpaired) electrons. The number of ether oxygens (including phenoxy) is 1. The molecule has 2 aromatic heterocycles. The number of rotatable bonds is 7. The summed E-state index contributed by atoms with van der Waals surface area (Å²) in [6, 6.07) is 24.9. The van der Waals surface area contributed by atoms with Crippen LogP contribution in [0.3, 0.4) is 0 Å². The van der Waals surface area contributed by atoms with Gasteiger partial charge >= 0.3 is 5.97 Å². The van der Waals surface area contributed by atoms with Crippen molar-refractivity contribution in [3.63, 3.8) is 0 Å². The average Bonchev–Trinajstić information content (AvgIpc) is 3.54. The first-order chi connectivity index (χ1) is 16.6. The number of benzene rings is 3. The fourth-order valence-electron chi connectivity index (χ4n) is 3.65. The first-order valence-electron chi connectivity index (χ1n) is 10.4. The molecule has 3 aromatic carbocycles. The zero-order valence-corrected chi connectivity index (χ0v) is 19.3. The highest BCUT2D eigenvalue weighted by atomic mass is 35.5. The van der Waals surface area contributed by atoms with E-state index in [2.05, 4.69) is 4.98 Å². The molecule has 0 aliphatic carbocycles. The van der Waals surface area contributed by atoms with Crippen molar-refractivity contribution < 1.29 is 14.6 Å². The number of carboxylic acids is 1. The summed E-state index contributed by atoms with van der Waals surface area (Å²) >= 11 is 7.64. The molecule has 0 unspecified atom stereocenters. The zero-order chi connectivity index (χ0) is 23.5. The lowest BCUT2D eigenvalue weighted by Gasteiger charge is -2.10. The third kappa shape index (κ3) is 4.57. The number of carbonyl (C=O) groups is 1. The van der Waals surface area contributed by atoms with Gasteiger partial charge in [-0.1, -0.05) is 48.0 Å². The maximum absolute atomic E-state index is 10.9. The Kier molecular flexibility index (Phi) is 6.12. The van der Waals surface area contributed by atoms with Crippen LogP contribution in [0.1, 0.15) is 0 Å². The van der Waals surface area contributed by atoms with Crippen LogP contribution in [-0.2, 0) is 4.79 Å². The molecule has 0 aliphatic heterocycles. The molecule has 34 heavy (non-hydrogen) atoms. The second-order valence-corrected chi connectivity index (χ2v) is 8.73. The van der Waals surface area contributed by atoms with Crippen molar-refractivity contribution in [2.75, 3.05) is 6.61 Å². The summed E-state index contributed by atoms with van der Waals surface area (Å²) in [4.78, 5) is 15.4. The van der Waals surface area contributed by atoms with Gasteiger partial charge in [0.2, 0.25) is 0 Å². The van der Waals surface area contributed by atoms with Gasteiger partial charge < -0.3 is 9.84 Å². The lowest BCUT2D eigenvalue weighted by Crippen LogP contribution is -2.09. The van der Waals surface area contributed by atoms with Gasteiger partial charge in [0.1, 0.15) is 16.5 Å². The molecule has 0 saturated heterocycles. The summed E-state index contributed by atoms with van der Waals surface area (Å²) in [5, 5.41) is 17.3. The van der Waals surface area contributed by atoms with Crippen LogP contribution in [0.5, 0.6) is 5.75 Å². The molecule has 0 saturated carbocycles. The van der Waals surface area contributed by atoms with E-state index in [1.54, 1.807) is 23.6 Å². The van der Waals surface area contributed by atoms with E-state index in [1.165, 1.54) is 0 Å². The van der Waals surface area contributed by atoms with Crippen LogP contribution in [0.4, 0.5) is 0 Å². The van der Waals surface area contributed by atoms with Crippen molar-refractivity contribution in [2.24, 2.45) is 0 Å². The number of hydrogen-bond donors (Lipinski definition) is 1. The summed E-state index contributed by atoms with van der Waals surface area (Å²) in [6.07, 6.45) is 1.77. The minimum Gasteiger partial charge on any atom is -0.482 e. The minimum atomic E-state index is -1.02. The molecule has 8 heteroatoms. The van der Waals surface area contributed by atoms with Gasteiger partial charge in [0.25, 0.3) is 0 Å². The Labute approximate surface area is 204 Å². The molecular formula is C26H18ClN3O3S. The first kappa shape index (κ1) is 21.9. The van der Waals surface area contributed by atoms with Gasteiger partial charge in [-0.25, -0.2) is 14.5 Å². The van der Waals surface area contributed by atoms with Crippen LogP contribution in [-0.4, -0.2) is 32.4 Å². The summed E-state index contributed by atoms with van der Waals surface area (Å²) in [6.45, 7) is -0.395. The third-order valence-electron chi connectivity index (χ3n) is 5.14. The van der Waals surface area contributed by atoms with Crippen LogP contribution >= 0.6 is 22.9 Å². The van der Waals surface area contributed by atoms with E-state index < -0.39 is 12.6 Å². The van der Waals surface area contributed by atoms with Crippen LogP contribution in [0.15, 0.2) is 90.4 Å². The predicted molar refractivity (Wildman–Crippen MR) is 134 cm³/mol. The molecule has 6 nitrogen and oxygen atoms in total. The minimum absolute atomic E-state index is 0.395. The molecule has 0 spiro atoms. The first-order valence-corrected chi connectivity index (χ1v) is 11.6. The van der Waals surface area contributed by atoms with Gasteiger partial charge in [-0.15, -0.1) is 11.3 Å². The highest BCUT2D eigenvalue weighted by Crippen LogP contribution is 2.36. The van der Waals surface area contributed by atoms with Gasteiger partial charge in [-0.2, -0.15) is 5.10 Å². The van der Waals surface area contributed by atoms with Crippen LogP contribution < -0.4 is 4.74 Å². The highest BCUT2D eigenvalue weighted by molar-refractivity contribution is 7.13. The van der Waals surface area contributed by atoms with Crippen molar-refractivity contribution >= 4 is 28.9 Å². The van der Waals surface area contributed by atoms with Crippen LogP contribution in [0, 0.1) is 0 Å². The SMILES string of the molecule is O=C(O)COc1cccc(-c2ccccc2-c2cc(-c3nccs3)n(-c3ccc(Cl)cc3)n2)c1. The Bertz CT molecular complexity index is 1450. The van der Waals surface area contributed by atoms with Crippen LogP contribution in [0.2, 0.25) is 5.02 Å². The number of halogens is 1. The Hall–Kier alpha value is -3.94. The van der Waals surface area contributed by atoms with E-state index in [0.29, 0.717) is 10.8 Å². The number of nitrogens with zero attached hydrogens (tertiary/aromatic N) is 3. The van der Waals surface area contributed by atoms with Crippen LogP contribution in [0.25, 0.3) is 38.8 Å². The lowest BCUT2D eigenvalue weighted by molar-refractivity contribution is -0.139. The fourth-order valence-corrected chi connectivity index (χ4v) is 4.42. The monoisotopic (exact) mass is 487 g/mol. The molecule has 1 N–H and O–H groups in total. The van der Waals surface area contributed by atoms with E-state index in [-0.39, 0.29) is 0 Å². The molecule has 0 atom stereocenters. The largest absolute Gasteiger partial charge is 0.482 e. The van der Waals surface area contributed by atoms with Crippen molar-refractivity contribution in [1.82, 2.24) is 14.8 Å². The number of aliphatic carboxylic acids is 1. The van der Waals surface area contributed by atoms with E-state index in [1.807, 2.05) is 82.9 Å². The quantitative estimate of drug-likeness (QED) is 0.285. The molecule has 2 heterocycles. The topological polar surface area (TPSA) is 77.2 Å². The number of hydrogen-bond acceptors (Lipinski definition) is 5. The number of aromatic nitrogens is 3. The maximum atomic E-state index is 10.9. The van der Waals surface area contributed by atoms with Crippen molar-refractivity contribution in [3.8, 4) is 44.5 Å². The second kappa shape index (κ2) is 9.51. The Morgan fingerprint density at radius 2 is 1.79 bits per heavy atom. The van der Waals surface area contributed by atoms with Crippen molar-refractivity contribution in [3.05, 3.63) is 95.5 Å². The smallest absolute Gasteiger partial charge is 0.341 e. The lowest BCUT2D eigenvalue weighted by atomic mass is 9.97. The van der Waals surface area contributed by atoms with Gasteiger partial charge in [0.05, 0.1) is 11.4 Å². The standard InChI is InChI=1S/C26H18ClN3O3S/c27-18-8-10-19(11-9-18)30-24(26-28-12-13-34-26)15-23(29-30)22-7-2-1-6-21(22)17-4-3-5-20(14-17)33-16-25(31)32/h1-15H,16H2,(H,31,32). The Morgan fingerprint density at radius 3 is 2.53 bits per heavy atom. The molecule has 5 rings (SSSR count). The summed E-state index contributed by atoms with van der Waals surface area (Å²) < 4.78 is 7.25. The van der Waals surface area contributed by atoms with E-state index in [0.717, 1.165) is 38.8 Å². The third-order valence-corrected chi connectivity index (χ3v) is 6.19. The summed E-state index contributed by atoms with van der Waals surface area (Å²) in [5.41, 5.74) is 5.32. The van der Waals surface area contributed by atoms with Gasteiger partial charge in [-0.3, -0.25) is 0 Å². The zero-order valence-electron chi connectivity index (χ0n) is 17.8. The van der Waals surface area contributed by atoms with E-state index >= 15 is 0 Å². The molecule has 0 fully saturated rings. The Balaban J connectivity index is 1.61. The Morgan fingerprint density at radius 1 is 1.00 bits per heavy atom. The molecule has 5 aromatic rings. The molecule has 0 amide bonds.